The number of carbonyl (C=O) groups is 1. The first-order valence-electron chi connectivity index (χ1n) is 16.9. The van der Waals surface area contributed by atoms with Crippen LogP contribution in [0.2, 0.25) is 0 Å². The Bertz CT molecular complexity index is 828. The molecule has 0 aliphatic carbocycles. The van der Waals surface area contributed by atoms with E-state index in [0.717, 1.165) is 83.5 Å². The average molecular weight is 624 g/mol. The fourth-order valence-electron chi connectivity index (χ4n) is 4.78. The molecule has 0 aromatic carbocycles. The molecule has 1 rings (SSSR count). The van der Waals surface area contributed by atoms with Crippen molar-refractivity contribution in [3.63, 3.8) is 0 Å². The number of amides is 1. The van der Waals surface area contributed by atoms with Crippen molar-refractivity contribution in [3.8, 4) is 0 Å². The van der Waals surface area contributed by atoms with Crippen LogP contribution < -0.4 is 5.32 Å². The molecule has 0 aromatic rings. The lowest BCUT2D eigenvalue weighted by molar-refractivity contribution is -0.302. The number of nitrogens with one attached hydrogen (secondary N) is 1. The Labute approximate surface area is 265 Å². The summed E-state index contributed by atoms with van der Waals surface area (Å²) in [5.74, 6) is -0.210. The molecule has 1 aliphatic heterocycles. The van der Waals surface area contributed by atoms with Gasteiger partial charge in [0.1, 0.15) is 24.4 Å². The third kappa shape index (κ3) is 18.2. The van der Waals surface area contributed by atoms with Crippen LogP contribution in [-0.4, -0.2) is 87.5 Å². The lowest BCUT2D eigenvalue weighted by Gasteiger charge is -2.40. The lowest BCUT2D eigenvalue weighted by atomic mass is 9.99. The predicted octanol–water partition coefficient (Wildman–Crippen LogP) is 4.76. The van der Waals surface area contributed by atoms with Crippen LogP contribution in [0.1, 0.15) is 110 Å². The third-order valence-electron chi connectivity index (χ3n) is 7.61. The number of aliphatic hydroxyl groups is 5. The highest BCUT2D eigenvalue weighted by Crippen LogP contribution is 2.22. The first-order chi connectivity index (χ1) is 21.3. The van der Waals surface area contributed by atoms with Crippen LogP contribution in [0.25, 0.3) is 0 Å². The third-order valence-corrected chi connectivity index (χ3v) is 7.61. The van der Waals surface area contributed by atoms with Crippen molar-refractivity contribution in [1.29, 1.82) is 0 Å². The molecule has 9 nitrogen and oxygen atoms in total. The van der Waals surface area contributed by atoms with Crippen LogP contribution >= 0.6 is 0 Å². The number of rotatable bonds is 25. The number of unbranched alkanes of at least 4 members (excludes halogenated alkanes) is 9. The molecule has 1 fully saturated rings. The molecule has 0 aromatic heterocycles. The van der Waals surface area contributed by atoms with Crippen molar-refractivity contribution in [2.45, 2.75) is 153 Å². The largest absolute Gasteiger partial charge is 0.394 e. The smallest absolute Gasteiger partial charge is 0.220 e. The standard InChI is InChI=1S/C35H61NO8/c1-3-5-7-9-11-13-14-15-16-17-19-21-23-25-31(39)36-28(29(38)24-22-20-18-12-10-8-6-4-2)27-43-35-34(42)33(41)32(40)30(26-37)44-35/h7,9-10,12-14,22,24,28-30,32-35,37-38,40-42H,3-6,8,11,15-21,23,25-27H2,1-2H3,(H,36,39)/b9-7-,12-10+,14-13-,24-22+. The molecule has 0 radical (unpaired) electrons. The van der Waals surface area contributed by atoms with Gasteiger partial charge in [-0.05, 0) is 51.4 Å². The summed E-state index contributed by atoms with van der Waals surface area (Å²) in [7, 11) is 0. The van der Waals surface area contributed by atoms with Crippen molar-refractivity contribution >= 4 is 5.91 Å². The minimum absolute atomic E-state index is 0.210. The van der Waals surface area contributed by atoms with Crippen LogP contribution in [0.3, 0.4) is 0 Å². The minimum Gasteiger partial charge on any atom is -0.394 e. The number of aliphatic hydroxyl groups excluding tert-OH is 5. The molecule has 44 heavy (non-hydrogen) atoms. The highest BCUT2D eigenvalue weighted by molar-refractivity contribution is 5.76. The number of hydrogen-bond acceptors (Lipinski definition) is 8. The Morgan fingerprint density at radius 3 is 2.14 bits per heavy atom. The zero-order valence-corrected chi connectivity index (χ0v) is 27.1. The van der Waals surface area contributed by atoms with E-state index in [-0.39, 0.29) is 12.5 Å². The Morgan fingerprint density at radius 2 is 1.41 bits per heavy atom. The number of carbonyl (C=O) groups excluding carboxylic acids is 1. The van der Waals surface area contributed by atoms with Gasteiger partial charge in [0, 0.05) is 6.42 Å². The number of ether oxygens (including phenoxy) is 2. The molecule has 0 saturated carbocycles. The Kier molecular flexibility index (Phi) is 24.1. The van der Waals surface area contributed by atoms with E-state index in [1.165, 1.54) is 6.42 Å². The van der Waals surface area contributed by atoms with Crippen LogP contribution in [0.5, 0.6) is 0 Å². The average Bonchev–Trinajstić information content (AvgIpc) is 3.02. The zero-order valence-electron chi connectivity index (χ0n) is 27.1. The summed E-state index contributed by atoms with van der Waals surface area (Å²) in [5.41, 5.74) is 0. The van der Waals surface area contributed by atoms with Gasteiger partial charge in [0.15, 0.2) is 6.29 Å². The van der Waals surface area contributed by atoms with Crippen molar-refractivity contribution in [2.75, 3.05) is 13.2 Å². The van der Waals surface area contributed by atoms with E-state index in [0.29, 0.717) is 6.42 Å². The van der Waals surface area contributed by atoms with Gasteiger partial charge in [-0.15, -0.1) is 0 Å². The second kappa shape index (κ2) is 26.4. The predicted molar refractivity (Wildman–Crippen MR) is 175 cm³/mol. The topological polar surface area (TPSA) is 149 Å². The van der Waals surface area contributed by atoms with E-state index in [2.05, 4.69) is 55.6 Å². The highest BCUT2D eigenvalue weighted by Gasteiger charge is 2.44. The van der Waals surface area contributed by atoms with Gasteiger partial charge in [0.05, 0.1) is 25.4 Å². The molecule has 0 bridgehead atoms. The molecular weight excluding hydrogens is 562 g/mol. The van der Waals surface area contributed by atoms with Crippen molar-refractivity contribution in [3.05, 3.63) is 48.6 Å². The molecule has 254 valence electrons. The molecule has 9 heteroatoms. The fraction of sp³-hybridized carbons (Fsp3) is 0.743. The monoisotopic (exact) mass is 623 g/mol. The van der Waals surface area contributed by atoms with Crippen molar-refractivity contribution < 1.29 is 39.8 Å². The zero-order chi connectivity index (χ0) is 32.4. The van der Waals surface area contributed by atoms with Crippen LogP contribution in [-0.2, 0) is 14.3 Å². The fourth-order valence-corrected chi connectivity index (χ4v) is 4.78. The van der Waals surface area contributed by atoms with E-state index in [9.17, 15) is 30.3 Å². The quantitative estimate of drug-likeness (QED) is 0.0630. The molecule has 1 heterocycles. The Morgan fingerprint density at radius 1 is 0.773 bits per heavy atom. The number of allylic oxidation sites excluding steroid dienone is 7. The van der Waals surface area contributed by atoms with Gasteiger partial charge in [-0.2, -0.15) is 0 Å². The summed E-state index contributed by atoms with van der Waals surface area (Å²) < 4.78 is 11.1. The van der Waals surface area contributed by atoms with Gasteiger partial charge in [-0.3, -0.25) is 4.79 Å². The molecule has 6 N–H and O–H groups in total. The van der Waals surface area contributed by atoms with E-state index in [1.807, 2.05) is 6.08 Å². The van der Waals surface area contributed by atoms with E-state index >= 15 is 0 Å². The van der Waals surface area contributed by atoms with Gasteiger partial charge in [-0.1, -0.05) is 101 Å². The summed E-state index contributed by atoms with van der Waals surface area (Å²) in [5, 5.41) is 53.5. The van der Waals surface area contributed by atoms with Crippen molar-refractivity contribution in [2.24, 2.45) is 0 Å². The first-order valence-corrected chi connectivity index (χ1v) is 16.9. The lowest BCUT2D eigenvalue weighted by Crippen LogP contribution is -2.60. The van der Waals surface area contributed by atoms with Crippen LogP contribution in [0, 0.1) is 0 Å². The normalized spacial score (nSPS) is 24.2. The molecule has 7 atom stereocenters. The van der Waals surface area contributed by atoms with E-state index in [1.54, 1.807) is 6.08 Å². The Hall–Kier alpha value is -1.85. The second-order valence-electron chi connectivity index (χ2n) is 11.6. The molecular formula is C35H61NO8. The molecule has 7 unspecified atom stereocenters. The Balaban J connectivity index is 2.53. The molecule has 1 saturated heterocycles. The van der Waals surface area contributed by atoms with Crippen LogP contribution in [0.4, 0.5) is 0 Å². The summed E-state index contributed by atoms with van der Waals surface area (Å²) in [6.07, 6.45) is 23.1. The van der Waals surface area contributed by atoms with Gasteiger partial charge >= 0.3 is 0 Å². The summed E-state index contributed by atoms with van der Waals surface area (Å²) in [6, 6.07) is -0.824. The van der Waals surface area contributed by atoms with E-state index in [4.69, 9.17) is 9.47 Å². The van der Waals surface area contributed by atoms with Crippen LogP contribution in [0.15, 0.2) is 48.6 Å². The van der Waals surface area contributed by atoms with Crippen molar-refractivity contribution in [1.82, 2.24) is 5.32 Å². The highest BCUT2D eigenvalue weighted by atomic mass is 16.7. The maximum Gasteiger partial charge on any atom is 0.220 e. The summed E-state index contributed by atoms with van der Waals surface area (Å²) >= 11 is 0. The van der Waals surface area contributed by atoms with Gasteiger partial charge in [0.2, 0.25) is 5.91 Å². The number of hydrogen-bond donors (Lipinski definition) is 6. The molecule has 0 spiro atoms. The maximum absolute atomic E-state index is 12.8. The molecule has 1 aliphatic rings. The second-order valence-corrected chi connectivity index (χ2v) is 11.6. The van der Waals surface area contributed by atoms with E-state index < -0.39 is 49.5 Å². The maximum atomic E-state index is 12.8. The first kappa shape index (κ1) is 40.2. The van der Waals surface area contributed by atoms with Gasteiger partial charge < -0.3 is 40.3 Å². The van der Waals surface area contributed by atoms with Gasteiger partial charge in [0.25, 0.3) is 0 Å². The SMILES string of the molecule is CCC/C=C\C/C=C\CCCCCCCC(=O)NC(COC1OC(CO)C(O)C(O)C1O)C(O)/C=C/CC/C=C/CCCC. The summed E-state index contributed by atoms with van der Waals surface area (Å²) in [4.78, 5) is 12.8. The minimum atomic E-state index is -1.57. The van der Waals surface area contributed by atoms with Gasteiger partial charge in [-0.25, -0.2) is 0 Å². The summed E-state index contributed by atoms with van der Waals surface area (Å²) in [6.45, 7) is 3.55. The molecule has 1 amide bonds.